The van der Waals surface area contributed by atoms with E-state index < -0.39 is 0 Å². The van der Waals surface area contributed by atoms with Crippen molar-refractivity contribution in [3.05, 3.63) is 36.9 Å². The van der Waals surface area contributed by atoms with Gasteiger partial charge in [0.1, 0.15) is 5.75 Å². The predicted molar refractivity (Wildman–Crippen MR) is 78.5 cm³/mol. The number of hydrogen-bond acceptors (Lipinski definition) is 3. The van der Waals surface area contributed by atoms with Gasteiger partial charge >= 0.3 is 0 Å². The smallest absolute Gasteiger partial charge is 0.239 e. The van der Waals surface area contributed by atoms with E-state index in [-0.39, 0.29) is 12.5 Å². The molecule has 0 saturated carbocycles. The Bertz CT molecular complexity index is 416. The van der Waals surface area contributed by atoms with Crippen LogP contribution in [0.15, 0.2) is 36.9 Å². The average molecular weight is 262 g/mol. The molecule has 0 unspecified atom stereocenters. The summed E-state index contributed by atoms with van der Waals surface area (Å²) in [7, 11) is 0. The number of para-hydroxylation sites is 2. The van der Waals surface area contributed by atoms with Crippen molar-refractivity contribution < 1.29 is 9.53 Å². The zero-order chi connectivity index (χ0) is 14.1. The summed E-state index contributed by atoms with van der Waals surface area (Å²) in [6, 6.07) is 7.62. The predicted octanol–water partition coefficient (Wildman–Crippen LogP) is 2.44. The summed E-state index contributed by atoms with van der Waals surface area (Å²) in [5, 5.41) is 5.79. The molecule has 0 saturated heterocycles. The molecular weight excluding hydrogens is 240 g/mol. The van der Waals surface area contributed by atoms with Crippen LogP contribution >= 0.6 is 0 Å². The fraction of sp³-hybridized carbons (Fsp3) is 0.400. The van der Waals surface area contributed by atoms with Gasteiger partial charge in [0.15, 0.2) is 0 Å². The average Bonchev–Trinajstić information content (AvgIpc) is 2.41. The van der Waals surface area contributed by atoms with E-state index in [0.717, 1.165) is 11.4 Å². The van der Waals surface area contributed by atoms with Gasteiger partial charge in [-0.15, -0.1) is 6.58 Å². The van der Waals surface area contributed by atoms with Crippen LogP contribution in [0.2, 0.25) is 0 Å². The maximum atomic E-state index is 11.5. The van der Waals surface area contributed by atoms with Gasteiger partial charge in [0.05, 0.1) is 18.8 Å². The van der Waals surface area contributed by atoms with E-state index >= 15 is 0 Å². The van der Waals surface area contributed by atoms with Crippen molar-refractivity contribution in [2.75, 3.05) is 25.0 Å². The van der Waals surface area contributed by atoms with Gasteiger partial charge in [-0.25, -0.2) is 0 Å². The lowest BCUT2D eigenvalue weighted by atomic mass is 10.2. The molecule has 1 amide bonds. The second kappa shape index (κ2) is 8.19. The molecule has 0 radical (unpaired) electrons. The molecule has 1 rings (SSSR count). The lowest BCUT2D eigenvalue weighted by molar-refractivity contribution is -0.119. The van der Waals surface area contributed by atoms with Crippen LogP contribution in [0.3, 0.4) is 0 Å². The highest BCUT2D eigenvalue weighted by molar-refractivity contribution is 5.81. The van der Waals surface area contributed by atoms with E-state index in [0.29, 0.717) is 19.1 Å². The third kappa shape index (κ3) is 5.95. The van der Waals surface area contributed by atoms with Crippen LogP contribution in [0, 0.1) is 5.92 Å². The summed E-state index contributed by atoms with van der Waals surface area (Å²) in [6.07, 6.45) is 1.65. The quantitative estimate of drug-likeness (QED) is 0.707. The van der Waals surface area contributed by atoms with Crippen LogP contribution in [0.5, 0.6) is 5.75 Å². The summed E-state index contributed by atoms with van der Waals surface area (Å²) in [4.78, 5) is 11.5. The first-order chi connectivity index (χ1) is 9.13. The van der Waals surface area contributed by atoms with Crippen LogP contribution in [0.4, 0.5) is 5.69 Å². The minimum Gasteiger partial charge on any atom is -0.491 e. The molecule has 4 heteroatoms. The molecule has 1 aromatic rings. The van der Waals surface area contributed by atoms with Crippen molar-refractivity contribution in [1.82, 2.24) is 5.32 Å². The number of benzene rings is 1. The van der Waals surface area contributed by atoms with Crippen molar-refractivity contribution >= 4 is 11.6 Å². The molecule has 2 N–H and O–H groups in total. The molecule has 0 aliphatic carbocycles. The topological polar surface area (TPSA) is 50.4 Å². The molecule has 4 nitrogen and oxygen atoms in total. The first-order valence-corrected chi connectivity index (χ1v) is 6.46. The number of carbonyl (C=O) groups is 1. The molecule has 0 atom stereocenters. The summed E-state index contributed by atoms with van der Waals surface area (Å²) < 4.78 is 5.70. The van der Waals surface area contributed by atoms with Crippen molar-refractivity contribution in [2.45, 2.75) is 13.8 Å². The molecule has 0 aliphatic heterocycles. The van der Waals surface area contributed by atoms with Crippen LogP contribution in [-0.4, -0.2) is 25.6 Å². The summed E-state index contributed by atoms with van der Waals surface area (Å²) in [5.41, 5.74) is 0.830. The summed E-state index contributed by atoms with van der Waals surface area (Å²) in [6.45, 7) is 9.09. The van der Waals surface area contributed by atoms with Gasteiger partial charge in [-0.2, -0.15) is 0 Å². The van der Waals surface area contributed by atoms with Crippen molar-refractivity contribution in [1.29, 1.82) is 0 Å². The highest BCUT2D eigenvalue weighted by Crippen LogP contribution is 2.23. The van der Waals surface area contributed by atoms with Crippen molar-refractivity contribution in [3.63, 3.8) is 0 Å². The molecule has 0 fully saturated rings. The Hall–Kier alpha value is -1.97. The lowest BCUT2D eigenvalue weighted by Gasteiger charge is -2.14. The molecule has 0 bridgehead atoms. The fourth-order valence-electron chi connectivity index (χ4n) is 1.42. The summed E-state index contributed by atoms with van der Waals surface area (Å²) in [5.74, 6) is 1.16. The number of ether oxygens (including phenoxy) is 1. The van der Waals surface area contributed by atoms with Gasteiger partial charge in [0.25, 0.3) is 0 Å². The number of hydrogen-bond donors (Lipinski definition) is 2. The Morgan fingerprint density at radius 2 is 2.16 bits per heavy atom. The Balaban J connectivity index is 2.52. The maximum absolute atomic E-state index is 11.5. The number of anilines is 1. The second-order valence-electron chi connectivity index (χ2n) is 4.65. The first kappa shape index (κ1) is 15.1. The van der Waals surface area contributed by atoms with Crippen LogP contribution < -0.4 is 15.4 Å². The molecule has 0 heterocycles. The molecule has 0 spiro atoms. The first-order valence-electron chi connectivity index (χ1n) is 6.46. The number of nitrogens with one attached hydrogen (secondary N) is 2. The normalized spacial score (nSPS) is 10.1. The van der Waals surface area contributed by atoms with E-state index in [1.54, 1.807) is 6.08 Å². The third-order valence-electron chi connectivity index (χ3n) is 2.34. The fourth-order valence-corrected chi connectivity index (χ4v) is 1.42. The molecular formula is C15H22N2O2. The minimum absolute atomic E-state index is 0.0708. The Morgan fingerprint density at radius 1 is 1.42 bits per heavy atom. The Labute approximate surface area is 114 Å². The maximum Gasteiger partial charge on any atom is 0.239 e. The lowest BCUT2D eigenvalue weighted by Crippen LogP contribution is -2.29. The number of carbonyl (C=O) groups excluding carboxylic acids is 1. The highest BCUT2D eigenvalue weighted by Gasteiger charge is 2.05. The van der Waals surface area contributed by atoms with Crippen LogP contribution in [0.1, 0.15) is 13.8 Å². The van der Waals surface area contributed by atoms with E-state index in [1.807, 2.05) is 24.3 Å². The van der Waals surface area contributed by atoms with Gasteiger partial charge < -0.3 is 15.4 Å². The molecule has 19 heavy (non-hydrogen) atoms. The molecule has 0 aliphatic rings. The van der Waals surface area contributed by atoms with Gasteiger partial charge in [-0.1, -0.05) is 32.1 Å². The number of amides is 1. The van der Waals surface area contributed by atoms with Gasteiger partial charge in [-0.3, -0.25) is 4.79 Å². The van der Waals surface area contributed by atoms with E-state index in [1.165, 1.54) is 0 Å². The zero-order valence-corrected chi connectivity index (χ0v) is 11.6. The standard InChI is InChI=1S/C15H22N2O2/c1-4-9-16-15(18)10-17-13-7-5-6-8-14(13)19-11-12(2)3/h4-8,12,17H,1,9-11H2,2-3H3,(H,16,18). The van der Waals surface area contributed by atoms with Gasteiger partial charge in [0, 0.05) is 6.54 Å². The van der Waals surface area contributed by atoms with Gasteiger partial charge in [-0.05, 0) is 18.1 Å². The zero-order valence-electron chi connectivity index (χ0n) is 11.6. The summed E-state index contributed by atoms with van der Waals surface area (Å²) >= 11 is 0. The SMILES string of the molecule is C=CCNC(=O)CNc1ccccc1OCC(C)C. The number of rotatable bonds is 8. The third-order valence-corrected chi connectivity index (χ3v) is 2.34. The minimum atomic E-state index is -0.0708. The van der Waals surface area contributed by atoms with E-state index in [9.17, 15) is 4.79 Å². The molecule has 104 valence electrons. The Morgan fingerprint density at radius 3 is 2.84 bits per heavy atom. The van der Waals surface area contributed by atoms with Crippen LogP contribution in [0.25, 0.3) is 0 Å². The Kier molecular flexibility index (Phi) is 6.50. The van der Waals surface area contributed by atoms with E-state index in [4.69, 9.17) is 4.74 Å². The molecule has 0 aromatic heterocycles. The van der Waals surface area contributed by atoms with E-state index in [2.05, 4.69) is 31.1 Å². The second-order valence-corrected chi connectivity index (χ2v) is 4.65. The monoisotopic (exact) mass is 262 g/mol. The van der Waals surface area contributed by atoms with Crippen LogP contribution in [-0.2, 0) is 4.79 Å². The largest absolute Gasteiger partial charge is 0.491 e. The van der Waals surface area contributed by atoms with Crippen molar-refractivity contribution in [2.24, 2.45) is 5.92 Å². The molecule has 1 aromatic carbocycles. The highest BCUT2D eigenvalue weighted by atomic mass is 16.5. The van der Waals surface area contributed by atoms with Gasteiger partial charge in [0.2, 0.25) is 5.91 Å². The van der Waals surface area contributed by atoms with Crippen molar-refractivity contribution in [3.8, 4) is 5.75 Å².